The van der Waals surface area contributed by atoms with Crippen LogP contribution in [0.1, 0.15) is 18.1 Å². The zero-order chi connectivity index (χ0) is 13.7. The SMILES string of the molecule is CCc1cc(Oc2ncccc2CNC)ccc1Cl. The van der Waals surface area contributed by atoms with Gasteiger partial charge in [-0.1, -0.05) is 24.6 Å². The van der Waals surface area contributed by atoms with E-state index in [1.54, 1.807) is 6.20 Å². The summed E-state index contributed by atoms with van der Waals surface area (Å²) in [5, 5.41) is 3.87. The molecule has 2 aromatic rings. The predicted octanol–water partition coefficient (Wildman–Crippen LogP) is 3.81. The highest BCUT2D eigenvalue weighted by Gasteiger charge is 2.07. The van der Waals surface area contributed by atoms with Crippen LogP contribution in [0.5, 0.6) is 11.6 Å². The fourth-order valence-electron chi connectivity index (χ4n) is 1.84. The Morgan fingerprint density at radius 3 is 2.84 bits per heavy atom. The van der Waals surface area contributed by atoms with Crippen molar-refractivity contribution in [1.82, 2.24) is 10.3 Å². The number of pyridine rings is 1. The van der Waals surface area contributed by atoms with E-state index in [9.17, 15) is 0 Å². The number of aromatic nitrogens is 1. The fourth-order valence-corrected chi connectivity index (χ4v) is 2.09. The van der Waals surface area contributed by atoms with Crippen molar-refractivity contribution in [2.45, 2.75) is 19.9 Å². The minimum Gasteiger partial charge on any atom is -0.439 e. The van der Waals surface area contributed by atoms with Crippen LogP contribution in [-0.2, 0) is 13.0 Å². The first-order valence-corrected chi connectivity index (χ1v) is 6.67. The van der Waals surface area contributed by atoms with E-state index < -0.39 is 0 Å². The van der Waals surface area contributed by atoms with Gasteiger partial charge in [0, 0.05) is 23.3 Å². The molecule has 0 unspecified atom stereocenters. The van der Waals surface area contributed by atoms with Crippen LogP contribution in [0.2, 0.25) is 5.02 Å². The van der Waals surface area contributed by atoms with E-state index in [1.807, 2.05) is 37.4 Å². The maximum absolute atomic E-state index is 6.10. The van der Waals surface area contributed by atoms with E-state index in [0.717, 1.165) is 34.9 Å². The molecule has 0 bridgehead atoms. The molecule has 100 valence electrons. The lowest BCUT2D eigenvalue weighted by atomic mass is 10.1. The molecule has 1 aromatic carbocycles. The molecule has 19 heavy (non-hydrogen) atoms. The minimum absolute atomic E-state index is 0.626. The topological polar surface area (TPSA) is 34.1 Å². The van der Waals surface area contributed by atoms with Crippen molar-refractivity contribution in [1.29, 1.82) is 0 Å². The summed E-state index contributed by atoms with van der Waals surface area (Å²) in [6.45, 7) is 2.79. The molecular weight excluding hydrogens is 260 g/mol. The quantitative estimate of drug-likeness (QED) is 0.902. The maximum Gasteiger partial charge on any atom is 0.223 e. The summed E-state index contributed by atoms with van der Waals surface area (Å²) in [5.41, 5.74) is 2.10. The first kappa shape index (κ1) is 13.8. The molecule has 1 aromatic heterocycles. The minimum atomic E-state index is 0.626. The Labute approximate surface area is 118 Å². The highest BCUT2D eigenvalue weighted by molar-refractivity contribution is 6.31. The van der Waals surface area contributed by atoms with Gasteiger partial charge in [-0.2, -0.15) is 0 Å². The van der Waals surface area contributed by atoms with Gasteiger partial charge in [0.05, 0.1) is 0 Å². The number of ether oxygens (including phenoxy) is 1. The van der Waals surface area contributed by atoms with E-state index in [4.69, 9.17) is 16.3 Å². The standard InChI is InChI=1S/C15H17ClN2O/c1-3-11-9-13(6-7-14(11)16)19-15-12(10-17-2)5-4-8-18-15/h4-9,17H,3,10H2,1-2H3. The van der Waals surface area contributed by atoms with Gasteiger partial charge in [0.25, 0.3) is 0 Å². The number of benzene rings is 1. The summed E-state index contributed by atoms with van der Waals surface area (Å²) in [6, 6.07) is 9.57. The van der Waals surface area contributed by atoms with Crippen LogP contribution >= 0.6 is 11.6 Å². The summed E-state index contributed by atoms with van der Waals surface area (Å²) in [6.07, 6.45) is 2.60. The molecule has 0 saturated heterocycles. The second-order valence-corrected chi connectivity index (χ2v) is 4.61. The van der Waals surface area contributed by atoms with Crippen molar-refractivity contribution < 1.29 is 4.74 Å². The van der Waals surface area contributed by atoms with Crippen molar-refractivity contribution in [2.24, 2.45) is 0 Å². The number of nitrogens with zero attached hydrogens (tertiary/aromatic N) is 1. The average Bonchev–Trinajstić information content (AvgIpc) is 2.43. The molecule has 0 amide bonds. The van der Waals surface area contributed by atoms with Crippen LogP contribution < -0.4 is 10.1 Å². The zero-order valence-corrected chi connectivity index (χ0v) is 11.9. The summed E-state index contributed by atoms with van der Waals surface area (Å²) in [5.74, 6) is 1.39. The Balaban J connectivity index is 2.26. The molecule has 3 nitrogen and oxygen atoms in total. The molecule has 2 rings (SSSR count). The van der Waals surface area contributed by atoms with Crippen LogP contribution in [0.3, 0.4) is 0 Å². The van der Waals surface area contributed by atoms with E-state index in [1.165, 1.54) is 0 Å². The number of hydrogen-bond acceptors (Lipinski definition) is 3. The lowest BCUT2D eigenvalue weighted by Crippen LogP contribution is -2.07. The number of nitrogens with one attached hydrogen (secondary N) is 1. The second kappa shape index (κ2) is 6.55. The number of rotatable bonds is 5. The van der Waals surface area contributed by atoms with Gasteiger partial charge in [0.2, 0.25) is 5.88 Å². The van der Waals surface area contributed by atoms with Crippen molar-refractivity contribution in [3.8, 4) is 11.6 Å². The fraction of sp³-hybridized carbons (Fsp3) is 0.267. The summed E-state index contributed by atoms with van der Waals surface area (Å²) < 4.78 is 5.85. The highest BCUT2D eigenvalue weighted by atomic mass is 35.5. The van der Waals surface area contributed by atoms with Gasteiger partial charge < -0.3 is 10.1 Å². The number of aryl methyl sites for hydroxylation is 1. The van der Waals surface area contributed by atoms with Gasteiger partial charge >= 0.3 is 0 Å². The van der Waals surface area contributed by atoms with Crippen molar-refractivity contribution in [3.05, 3.63) is 52.7 Å². The van der Waals surface area contributed by atoms with Crippen molar-refractivity contribution in [3.63, 3.8) is 0 Å². The third-order valence-electron chi connectivity index (χ3n) is 2.83. The average molecular weight is 277 g/mol. The highest BCUT2D eigenvalue weighted by Crippen LogP contribution is 2.27. The molecule has 0 radical (unpaired) electrons. The van der Waals surface area contributed by atoms with E-state index in [2.05, 4.69) is 17.2 Å². The number of halogens is 1. The third kappa shape index (κ3) is 3.46. The molecule has 0 atom stereocenters. The van der Waals surface area contributed by atoms with Crippen molar-refractivity contribution >= 4 is 11.6 Å². The Morgan fingerprint density at radius 2 is 2.11 bits per heavy atom. The van der Waals surface area contributed by atoms with Crippen LogP contribution in [0.15, 0.2) is 36.5 Å². The molecule has 0 aliphatic rings. The summed E-state index contributed by atoms with van der Waals surface area (Å²) in [7, 11) is 1.90. The molecular formula is C15H17ClN2O. The Kier molecular flexibility index (Phi) is 4.77. The molecule has 4 heteroatoms. The van der Waals surface area contributed by atoms with Crippen LogP contribution in [0, 0.1) is 0 Å². The van der Waals surface area contributed by atoms with Gasteiger partial charge in [0.15, 0.2) is 0 Å². The van der Waals surface area contributed by atoms with E-state index in [-0.39, 0.29) is 0 Å². The molecule has 0 spiro atoms. The van der Waals surface area contributed by atoms with Gasteiger partial charge in [0.1, 0.15) is 5.75 Å². The van der Waals surface area contributed by atoms with E-state index in [0.29, 0.717) is 5.88 Å². The zero-order valence-electron chi connectivity index (χ0n) is 11.1. The molecule has 0 saturated carbocycles. The Bertz CT molecular complexity index is 558. The molecule has 1 heterocycles. The maximum atomic E-state index is 6.10. The lowest BCUT2D eigenvalue weighted by molar-refractivity contribution is 0.454. The Morgan fingerprint density at radius 1 is 1.26 bits per heavy atom. The first-order chi connectivity index (χ1) is 9.24. The van der Waals surface area contributed by atoms with Gasteiger partial charge in [-0.3, -0.25) is 0 Å². The summed E-state index contributed by atoms with van der Waals surface area (Å²) >= 11 is 6.10. The monoisotopic (exact) mass is 276 g/mol. The normalized spacial score (nSPS) is 10.5. The van der Waals surface area contributed by atoms with Crippen LogP contribution in [-0.4, -0.2) is 12.0 Å². The van der Waals surface area contributed by atoms with E-state index >= 15 is 0 Å². The van der Waals surface area contributed by atoms with Crippen LogP contribution in [0.25, 0.3) is 0 Å². The molecule has 1 N–H and O–H groups in total. The lowest BCUT2D eigenvalue weighted by Gasteiger charge is -2.11. The number of hydrogen-bond donors (Lipinski definition) is 1. The largest absolute Gasteiger partial charge is 0.439 e. The van der Waals surface area contributed by atoms with Gasteiger partial charge in [-0.05, 0) is 43.3 Å². The molecule has 0 fully saturated rings. The molecule has 0 aliphatic carbocycles. The van der Waals surface area contributed by atoms with Gasteiger partial charge in [-0.15, -0.1) is 0 Å². The van der Waals surface area contributed by atoms with Crippen LogP contribution in [0.4, 0.5) is 0 Å². The predicted molar refractivity (Wildman–Crippen MR) is 77.9 cm³/mol. The van der Waals surface area contributed by atoms with Gasteiger partial charge in [-0.25, -0.2) is 4.98 Å². The second-order valence-electron chi connectivity index (χ2n) is 4.21. The molecule has 0 aliphatic heterocycles. The smallest absolute Gasteiger partial charge is 0.223 e. The first-order valence-electron chi connectivity index (χ1n) is 6.29. The summed E-state index contributed by atoms with van der Waals surface area (Å²) in [4.78, 5) is 4.28. The third-order valence-corrected chi connectivity index (χ3v) is 3.20. The Hall–Kier alpha value is -1.58. The van der Waals surface area contributed by atoms with Crippen molar-refractivity contribution in [2.75, 3.05) is 7.05 Å².